The minimum atomic E-state index is -0.108. The third kappa shape index (κ3) is 2.24. The van der Waals surface area contributed by atoms with Crippen LogP contribution in [0.2, 0.25) is 0 Å². The van der Waals surface area contributed by atoms with E-state index in [0.717, 1.165) is 10.0 Å². The predicted molar refractivity (Wildman–Crippen MR) is 63.3 cm³/mol. The van der Waals surface area contributed by atoms with E-state index in [0.29, 0.717) is 25.1 Å². The van der Waals surface area contributed by atoms with Crippen molar-refractivity contribution in [1.29, 1.82) is 0 Å². The number of imide groups is 1. The molecule has 16 heavy (non-hydrogen) atoms. The van der Waals surface area contributed by atoms with Crippen LogP contribution in [-0.2, 0) is 16.1 Å². The van der Waals surface area contributed by atoms with Gasteiger partial charge in [0.05, 0.1) is 6.54 Å². The molecule has 84 valence electrons. The van der Waals surface area contributed by atoms with Gasteiger partial charge in [0, 0.05) is 23.0 Å². The molecule has 2 rings (SSSR count). The minimum Gasteiger partial charge on any atom is -0.399 e. The van der Waals surface area contributed by atoms with E-state index in [4.69, 9.17) is 5.73 Å². The maximum atomic E-state index is 11.4. The number of carbonyl (C=O) groups excluding carboxylic acids is 2. The van der Waals surface area contributed by atoms with Crippen LogP contribution in [0.4, 0.5) is 5.69 Å². The largest absolute Gasteiger partial charge is 0.399 e. The summed E-state index contributed by atoms with van der Waals surface area (Å²) in [4.78, 5) is 24.1. The van der Waals surface area contributed by atoms with Crippen LogP contribution < -0.4 is 5.73 Å². The van der Waals surface area contributed by atoms with Gasteiger partial charge in [0.2, 0.25) is 11.8 Å². The minimum absolute atomic E-state index is 0.108. The van der Waals surface area contributed by atoms with E-state index >= 15 is 0 Å². The first-order valence-corrected chi connectivity index (χ1v) is 5.74. The molecule has 0 saturated carbocycles. The van der Waals surface area contributed by atoms with Crippen molar-refractivity contribution in [2.45, 2.75) is 19.4 Å². The molecule has 0 atom stereocenters. The topological polar surface area (TPSA) is 63.4 Å². The quantitative estimate of drug-likeness (QED) is 0.663. The van der Waals surface area contributed by atoms with Crippen LogP contribution in [0.3, 0.4) is 0 Å². The highest BCUT2D eigenvalue weighted by atomic mass is 79.9. The van der Waals surface area contributed by atoms with Crippen LogP contribution >= 0.6 is 15.9 Å². The lowest BCUT2D eigenvalue weighted by Gasteiger charge is -2.14. The maximum Gasteiger partial charge on any atom is 0.229 e. The zero-order valence-electron chi connectivity index (χ0n) is 8.57. The lowest BCUT2D eigenvalue weighted by Crippen LogP contribution is -2.28. The van der Waals surface area contributed by atoms with E-state index in [-0.39, 0.29) is 11.8 Å². The fraction of sp³-hybridized carbons (Fsp3) is 0.273. The van der Waals surface area contributed by atoms with Crippen LogP contribution in [0.1, 0.15) is 18.4 Å². The van der Waals surface area contributed by atoms with E-state index < -0.39 is 0 Å². The molecule has 1 heterocycles. The molecule has 1 aliphatic rings. The van der Waals surface area contributed by atoms with Gasteiger partial charge in [0.25, 0.3) is 0 Å². The van der Waals surface area contributed by atoms with Crippen molar-refractivity contribution in [3.63, 3.8) is 0 Å². The Morgan fingerprint density at radius 1 is 1.19 bits per heavy atom. The molecule has 0 radical (unpaired) electrons. The average Bonchev–Trinajstić information content (AvgIpc) is 2.48. The highest BCUT2D eigenvalue weighted by Crippen LogP contribution is 2.21. The summed E-state index contributed by atoms with van der Waals surface area (Å²) >= 11 is 3.32. The van der Waals surface area contributed by atoms with Gasteiger partial charge in [-0.3, -0.25) is 14.5 Å². The third-order valence-electron chi connectivity index (χ3n) is 2.48. The van der Waals surface area contributed by atoms with Crippen LogP contribution in [0.5, 0.6) is 0 Å². The molecule has 0 bridgehead atoms. The van der Waals surface area contributed by atoms with E-state index in [1.807, 2.05) is 6.07 Å². The second-order valence-corrected chi connectivity index (χ2v) is 4.68. The third-order valence-corrected chi connectivity index (χ3v) is 2.93. The summed E-state index contributed by atoms with van der Waals surface area (Å²) in [5.41, 5.74) is 7.16. The maximum absolute atomic E-state index is 11.4. The van der Waals surface area contributed by atoms with Crippen LogP contribution in [0, 0.1) is 0 Å². The second kappa shape index (κ2) is 4.25. The molecule has 5 heteroatoms. The normalized spacial score (nSPS) is 15.9. The van der Waals surface area contributed by atoms with Gasteiger partial charge in [-0.1, -0.05) is 15.9 Å². The number of anilines is 1. The molecule has 1 aromatic carbocycles. The standard InChI is InChI=1S/C11H11BrN2O2/c12-8-3-7(4-9(13)5-8)6-14-10(15)1-2-11(14)16/h3-5H,1-2,6,13H2. The summed E-state index contributed by atoms with van der Waals surface area (Å²) in [5.74, 6) is -0.216. The number of nitrogen functional groups attached to an aromatic ring is 1. The molecule has 0 spiro atoms. The Hall–Kier alpha value is -1.36. The molecule has 2 N–H and O–H groups in total. The summed E-state index contributed by atoms with van der Waals surface area (Å²) in [5, 5.41) is 0. The Bertz CT molecular complexity index is 423. The van der Waals surface area contributed by atoms with E-state index in [1.165, 1.54) is 4.90 Å². The number of carbonyl (C=O) groups is 2. The fourth-order valence-electron chi connectivity index (χ4n) is 1.75. The summed E-state index contributed by atoms with van der Waals surface area (Å²) in [6.45, 7) is 0.307. The molecule has 1 aromatic rings. The van der Waals surface area contributed by atoms with Gasteiger partial charge in [0.15, 0.2) is 0 Å². The number of halogens is 1. The number of rotatable bonds is 2. The number of likely N-dealkylation sites (tertiary alicyclic amines) is 1. The summed E-state index contributed by atoms with van der Waals surface area (Å²) in [6.07, 6.45) is 0.643. The molecule has 1 aliphatic heterocycles. The van der Waals surface area contributed by atoms with Gasteiger partial charge < -0.3 is 5.73 Å². The Morgan fingerprint density at radius 2 is 1.81 bits per heavy atom. The molecule has 1 fully saturated rings. The molecule has 4 nitrogen and oxygen atoms in total. The number of amides is 2. The molecule has 1 saturated heterocycles. The zero-order chi connectivity index (χ0) is 11.7. The Balaban J connectivity index is 2.20. The van der Waals surface area contributed by atoms with Gasteiger partial charge in [-0.05, 0) is 23.8 Å². The first kappa shape index (κ1) is 11.1. The predicted octanol–water partition coefficient (Wildman–Crippen LogP) is 1.68. The monoisotopic (exact) mass is 282 g/mol. The van der Waals surface area contributed by atoms with Gasteiger partial charge in [-0.15, -0.1) is 0 Å². The van der Waals surface area contributed by atoms with Crippen molar-refractivity contribution < 1.29 is 9.59 Å². The zero-order valence-corrected chi connectivity index (χ0v) is 10.2. The molecular weight excluding hydrogens is 272 g/mol. The van der Waals surface area contributed by atoms with Gasteiger partial charge >= 0.3 is 0 Å². The van der Waals surface area contributed by atoms with Gasteiger partial charge in [0.1, 0.15) is 0 Å². The van der Waals surface area contributed by atoms with Crippen molar-refractivity contribution in [3.05, 3.63) is 28.2 Å². The summed E-state index contributed by atoms with van der Waals surface area (Å²) in [6, 6.07) is 5.40. The highest BCUT2D eigenvalue weighted by Gasteiger charge is 2.28. The number of hydrogen-bond donors (Lipinski definition) is 1. The van der Waals surface area contributed by atoms with Crippen molar-refractivity contribution in [3.8, 4) is 0 Å². The van der Waals surface area contributed by atoms with Gasteiger partial charge in [-0.2, -0.15) is 0 Å². The molecule has 0 unspecified atom stereocenters. The Morgan fingerprint density at radius 3 is 2.38 bits per heavy atom. The summed E-state index contributed by atoms with van der Waals surface area (Å²) in [7, 11) is 0. The van der Waals surface area contributed by atoms with Crippen LogP contribution in [0.25, 0.3) is 0 Å². The van der Waals surface area contributed by atoms with Crippen molar-refractivity contribution in [1.82, 2.24) is 4.90 Å². The van der Waals surface area contributed by atoms with E-state index in [1.54, 1.807) is 12.1 Å². The van der Waals surface area contributed by atoms with E-state index in [9.17, 15) is 9.59 Å². The molecule has 2 amide bonds. The molecular formula is C11H11BrN2O2. The van der Waals surface area contributed by atoms with Crippen molar-refractivity contribution in [2.24, 2.45) is 0 Å². The number of nitrogens with two attached hydrogens (primary N) is 1. The first-order valence-electron chi connectivity index (χ1n) is 4.94. The number of hydrogen-bond acceptors (Lipinski definition) is 3. The number of benzene rings is 1. The summed E-state index contributed by atoms with van der Waals surface area (Å²) < 4.78 is 0.849. The lowest BCUT2D eigenvalue weighted by atomic mass is 10.2. The average molecular weight is 283 g/mol. The van der Waals surface area contributed by atoms with Crippen molar-refractivity contribution >= 4 is 33.4 Å². The highest BCUT2D eigenvalue weighted by molar-refractivity contribution is 9.10. The molecule has 0 aliphatic carbocycles. The molecule has 0 aromatic heterocycles. The van der Waals surface area contributed by atoms with Crippen molar-refractivity contribution in [2.75, 3.05) is 5.73 Å². The van der Waals surface area contributed by atoms with Gasteiger partial charge in [-0.25, -0.2) is 0 Å². The smallest absolute Gasteiger partial charge is 0.229 e. The SMILES string of the molecule is Nc1cc(Br)cc(CN2C(=O)CCC2=O)c1. The lowest BCUT2D eigenvalue weighted by molar-refractivity contribution is -0.139. The Labute approximate surface area is 102 Å². The Kier molecular flexibility index (Phi) is 2.96. The van der Waals surface area contributed by atoms with E-state index in [2.05, 4.69) is 15.9 Å². The number of nitrogens with zero attached hydrogens (tertiary/aromatic N) is 1. The van der Waals surface area contributed by atoms with Crippen LogP contribution in [-0.4, -0.2) is 16.7 Å². The van der Waals surface area contributed by atoms with Crippen LogP contribution in [0.15, 0.2) is 22.7 Å². The first-order chi connectivity index (χ1) is 7.56. The second-order valence-electron chi connectivity index (χ2n) is 3.77. The fourth-order valence-corrected chi connectivity index (χ4v) is 2.31.